The number of hydrogen-bond donors (Lipinski definition) is 0. The van der Waals surface area contributed by atoms with Gasteiger partial charge in [-0.25, -0.2) is 0 Å². The van der Waals surface area contributed by atoms with Gasteiger partial charge in [0.1, 0.15) is 0 Å². The Morgan fingerprint density at radius 3 is 1.24 bits per heavy atom. The summed E-state index contributed by atoms with van der Waals surface area (Å²) in [5.74, 6) is 7.46. The molecule has 2 heteroatoms. The fourth-order valence-corrected chi connectivity index (χ4v) is 8.79. The van der Waals surface area contributed by atoms with Crippen LogP contribution in [0, 0.1) is 22.9 Å². The first-order valence-corrected chi connectivity index (χ1v) is 18.2. The van der Waals surface area contributed by atoms with Crippen LogP contribution in [-0.2, 0) is 0 Å². The van der Waals surface area contributed by atoms with Crippen molar-refractivity contribution in [2.75, 3.05) is 0 Å². The van der Waals surface area contributed by atoms with Crippen LogP contribution in [0.25, 0.3) is 43.1 Å². The van der Waals surface area contributed by atoms with Gasteiger partial charge < -0.3 is 0 Å². The zero-order valence-corrected chi connectivity index (χ0v) is 27.7. The summed E-state index contributed by atoms with van der Waals surface area (Å²) in [5.41, 5.74) is 11.1. The average Bonchev–Trinajstić information content (AvgIpc) is 3.00. The fraction of sp³-hybridized carbons (Fsp3) is 0.350. The first-order chi connectivity index (χ1) is 20.7. The molecule has 0 bridgehead atoms. The van der Waals surface area contributed by atoms with Gasteiger partial charge in [-0.1, -0.05) is 139 Å². The number of hydrogen-bond acceptors (Lipinski definition) is 0. The Labute approximate surface area is 258 Å². The van der Waals surface area contributed by atoms with E-state index in [2.05, 4.69) is 123 Å². The van der Waals surface area contributed by atoms with Crippen molar-refractivity contribution in [1.29, 1.82) is 0 Å². The zero-order valence-electron chi connectivity index (χ0n) is 25.7. The minimum Gasteiger partial charge on any atom is -0.130 e. The maximum atomic E-state index is 3.73. The summed E-state index contributed by atoms with van der Waals surface area (Å²) < 4.78 is 0. The summed E-state index contributed by atoms with van der Waals surface area (Å²) in [6, 6.07) is 27.0. The van der Waals surface area contributed by atoms with Crippen molar-refractivity contribution < 1.29 is 0 Å². The second-order valence-electron chi connectivity index (χ2n) is 11.6. The Bertz CT molecular complexity index is 1660. The molecule has 5 rings (SSSR count). The predicted octanol–water partition coefficient (Wildman–Crippen LogP) is 11.1. The van der Waals surface area contributed by atoms with Gasteiger partial charge in [-0.2, -0.15) is 0 Å². The molecule has 42 heavy (non-hydrogen) atoms. The van der Waals surface area contributed by atoms with E-state index in [1.807, 2.05) is 0 Å². The quantitative estimate of drug-likeness (QED) is 0.0878. The second-order valence-corrected chi connectivity index (χ2v) is 14.3. The molecule has 5 aromatic rings. The van der Waals surface area contributed by atoms with Gasteiger partial charge in [0, 0.05) is 11.1 Å². The first kappa shape index (κ1) is 30.2. The van der Waals surface area contributed by atoms with Crippen LogP contribution in [0.1, 0.15) is 90.2 Å². The molecule has 0 fully saturated rings. The molecule has 210 valence electrons. The highest BCUT2D eigenvalue weighted by Crippen LogP contribution is 2.36. The van der Waals surface area contributed by atoms with Gasteiger partial charge in [0.25, 0.3) is 0 Å². The molecule has 0 saturated carbocycles. The Kier molecular flexibility index (Phi) is 10.6. The molecule has 4 radical (unpaired) electrons. The van der Waals surface area contributed by atoms with Crippen molar-refractivity contribution >= 4 is 62.1 Å². The highest BCUT2D eigenvalue weighted by molar-refractivity contribution is 6.48. The minimum absolute atomic E-state index is 0.679. The summed E-state index contributed by atoms with van der Waals surface area (Å²) in [5, 5.41) is 10.0. The molecule has 5 aromatic carbocycles. The third-order valence-electron chi connectivity index (χ3n) is 8.32. The monoisotopic (exact) mass is 578 g/mol. The molecule has 0 saturated heterocycles. The van der Waals surface area contributed by atoms with Crippen LogP contribution in [-0.4, -0.2) is 19.0 Å². The molecule has 0 nitrogen and oxygen atoms in total. The summed E-state index contributed by atoms with van der Waals surface area (Å²) in [4.78, 5) is 0. The van der Waals surface area contributed by atoms with E-state index in [1.54, 1.807) is 0 Å². The molecule has 0 aliphatic rings. The first-order valence-electron chi connectivity index (χ1n) is 16.0. The van der Waals surface area contributed by atoms with Crippen LogP contribution >= 0.6 is 0 Å². The average molecular weight is 579 g/mol. The molecule has 0 unspecified atom stereocenters. The van der Waals surface area contributed by atoms with Gasteiger partial charge in [0.05, 0.1) is 0 Å². The maximum Gasteiger partial charge on any atom is 0.151 e. The van der Waals surface area contributed by atoms with Gasteiger partial charge in [-0.15, -0.1) is 11.1 Å². The van der Waals surface area contributed by atoms with E-state index in [4.69, 9.17) is 0 Å². The maximum absolute atomic E-state index is 3.73. The Balaban J connectivity index is 1.73. The topological polar surface area (TPSA) is 0 Å². The number of rotatable bonds is 10. The zero-order chi connectivity index (χ0) is 29.3. The molecule has 0 heterocycles. The van der Waals surface area contributed by atoms with Crippen LogP contribution in [0.2, 0.25) is 11.1 Å². The lowest BCUT2D eigenvalue weighted by Gasteiger charge is -2.14. The Morgan fingerprint density at radius 2 is 0.857 bits per heavy atom. The standard InChI is InChI=1S/C40H42Si2/c1-5-13-33(14-6-2)41-23-21-37-35-19-11-12-20-36(35)38(22-24-42-34(15-7-3)16-8-4)40-28-32-26-30-18-10-9-17-29(30)25-31(32)27-39(37)40/h9-12,17-20,25-28,33-34H,5-8,13-16H2,1-4H3. The summed E-state index contributed by atoms with van der Waals surface area (Å²) in [6.07, 6.45) is 10.0. The van der Waals surface area contributed by atoms with E-state index >= 15 is 0 Å². The third-order valence-corrected chi connectivity index (χ3v) is 10.8. The summed E-state index contributed by atoms with van der Waals surface area (Å²) in [7, 11) is 1.36. The van der Waals surface area contributed by atoms with Crippen LogP contribution < -0.4 is 0 Å². The van der Waals surface area contributed by atoms with E-state index in [1.165, 1.54) is 94.5 Å². The highest BCUT2D eigenvalue weighted by Gasteiger charge is 2.14. The molecule has 0 amide bonds. The van der Waals surface area contributed by atoms with E-state index in [0.717, 1.165) is 11.1 Å². The second kappa shape index (κ2) is 14.7. The molecule has 0 N–H and O–H groups in total. The van der Waals surface area contributed by atoms with Crippen molar-refractivity contribution in [2.24, 2.45) is 0 Å². The lowest BCUT2D eigenvalue weighted by molar-refractivity contribution is 0.651. The predicted molar refractivity (Wildman–Crippen MR) is 189 cm³/mol. The van der Waals surface area contributed by atoms with E-state index in [9.17, 15) is 0 Å². The van der Waals surface area contributed by atoms with Crippen molar-refractivity contribution in [1.82, 2.24) is 0 Å². The van der Waals surface area contributed by atoms with Crippen LogP contribution in [0.4, 0.5) is 0 Å². The lowest BCUT2D eigenvalue weighted by atomic mass is 9.90. The molecule has 0 spiro atoms. The fourth-order valence-electron chi connectivity index (χ4n) is 6.26. The third kappa shape index (κ3) is 6.84. The van der Waals surface area contributed by atoms with Crippen molar-refractivity contribution in [3.63, 3.8) is 0 Å². The molecule has 0 aliphatic heterocycles. The normalized spacial score (nSPS) is 11.4. The van der Waals surface area contributed by atoms with Gasteiger partial charge in [-0.05, 0) is 78.4 Å². The molecule has 0 aliphatic carbocycles. The van der Waals surface area contributed by atoms with Gasteiger partial charge in [-0.3, -0.25) is 0 Å². The Hall–Kier alpha value is -3.31. The van der Waals surface area contributed by atoms with Crippen LogP contribution in [0.5, 0.6) is 0 Å². The summed E-state index contributed by atoms with van der Waals surface area (Å²) in [6.45, 7) is 9.18. The lowest BCUT2D eigenvalue weighted by Crippen LogP contribution is -2.02. The SMILES string of the molecule is CCCC(CCC)[Si]C#Cc1c2ccccc2c(C#C[Si]C(CCC)CCC)c2cc3cc4ccccc4cc3cc12. The van der Waals surface area contributed by atoms with Gasteiger partial charge >= 0.3 is 0 Å². The number of fused-ring (bicyclic) bond motifs is 4. The van der Waals surface area contributed by atoms with Crippen LogP contribution in [0.15, 0.2) is 72.8 Å². The van der Waals surface area contributed by atoms with Crippen molar-refractivity contribution in [3.8, 4) is 22.9 Å². The minimum atomic E-state index is 0.679. The van der Waals surface area contributed by atoms with Gasteiger partial charge in [0.15, 0.2) is 19.0 Å². The van der Waals surface area contributed by atoms with E-state index in [-0.39, 0.29) is 0 Å². The van der Waals surface area contributed by atoms with E-state index < -0.39 is 0 Å². The Morgan fingerprint density at radius 1 is 0.476 bits per heavy atom. The highest BCUT2D eigenvalue weighted by atomic mass is 28.2. The molecule has 0 aromatic heterocycles. The smallest absolute Gasteiger partial charge is 0.130 e. The van der Waals surface area contributed by atoms with Gasteiger partial charge in [0.2, 0.25) is 0 Å². The van der Waals surface area contributed by atoms with E-state index in [0.29, 0.717) is 30.1 Å². The van der Waals surface area contributed by atoms with Crippen molar-refractivity contribution in [2.45, 2.75) is 90.1 Å². The molecular weight excluding hydrogens is 537 g/mol. The van der Waals surface area contributed by atoms with Crippen LogP contribution in [0.3, 0.4) is 0 Å². The largest absolute Gasteiger partial charge is 0.151 e. The summed E-state index contributed by atoms with van der Waals surface area (Å²) >= 11 is 0. The number of benzene rings is 5. The van der Waals surface area contributed by atoms with Crippen molar-refractivity contribution in [3.05, 3.63) is 83.9 Å². The molecular formula is C40H42Si2. The molecule has 0 atom stereocenters.